The van der Waals surface area contributed by atoms with Crippen molar-refractivity contribution < 1.29 is 4.74 Å². The molecule has 1 saturated heterocycles. The summed E-state index contributed by atoms with van der Waals surface area (Å²) in [4.78, 5) is 2.55. The summed E-state index contributed by atoms with van der Waals surface area (Å²) in [5, 5.41) is 3.44. The molecule has 1 aliphatic rings. The molecule has 1 heterocycles. The third-order valence-corrected chi connectivity index (χ3v) is 4.09. The van der Waals surface area contributed by atoms with Gasteiger partial charge >= 0.3 is 0 Å². The minimum Gasteiger partial charge on any atom is -0.494 e. The highest BCUT2D eigenvalue weighted by atomic mass is 16.5. The molecular weight excluding hydrogens is 248 g/mol. The number of benzene rings is 1. The first-order valence-electron chi connectivity index (χ1n) is 7.97. The molecule has 0 aromatic heterocycles. The van der Waals surface area contributed by atoms with Gasteiger partial charge in [-0.2, -0.15) is 0 Å². The van der Waals surface area contributed by atoms with Gasteiger partial charge in [-0.3, -0.25) is 4.90 Å². The van der Waals surface area contributed by atoms with Gasteiger partial charge in [0, 0.05) is 18.7 Å². The molecule has 0 bridgehead atoms. The van der Waals surface area contributed by atoms with Crippen LogP contribution in [0.3, 0.4) is 0 Å². The van der Waals surface area contributed by atoms with Crippen LogP contribution in [0.5, 0.6) is 5.75 Å². The molecule has 1 aromatic carbocycles. The Balaban J connectivity index is 1.94. The summed E-state index contributed by atoms with van der Waals surface area (Å²) in [5.74, 6) is 1.88. The third-order valence-electron chi connectivity index (χ3n) is 4.09. The minimum atomic E-state index is 0.734. The van der Waals surface area contributed by atoms with E-state index in [1.807, 2.05) is 6.92 Å². The molecule has 112 valence electrons. The monoisotopic (exact) mass is 276 g/mol. The van der Waals surface area contributed by atoms with Crippen LogP contribution in [0, 0.1) is 5.92 Å². The molecular formula is C17H28N2O. The average molecular weight is 276 g/mol. The van der Waals surface area contributed by atoms with E-state index in [9.17, 15) is 0 Å². The molecule has 0 saturated carbocycles. The average Bonchev–Trinajstić information content (AvgIpc) is 2.50. The van der Waals surface area contributed by atoms with E-state index in [4.69, 9.17) is 4.74 Å². The van der Waals surface area contributed by atoms with E-state index in [1.54, 1.807) is 0 Å². The Kier molecular flexibility index (Phi) is 6.34. The first-order valence-corrected chi connectivity index (χ1v) is 7.97. The molecule has 0 atom stereocenters. The van der Waals surface area contributed by atoms with Crippen LogP contribution in [0.2, 0.25) is 0 Å². The second-order valence-electron chi connectivity index (χ2n) is 5.56. The number of ether oxygens (including phenoxy) is 1. The maximum absolute atomic E-state index is 5.74. The number of hydrogen-bond acceptors (Lipinski definition) is 3. The molecule has 20 heavy (non-hydrogen) atoms. The van der Waals surface area contributed by atoms with Crippen LogP contribution in [-0.4, -0.2) is 37.7 Å². The molecule has 0 aliphatic carbocycles. The van der Waals surface area contributed by atoms with Gasteiger partial charge in [-0.25, -0.2) is 0 Å². The first-order chi connectivity index (χ1) is 9.83. The van der Waals surface area contributed by atoms with Crippen molar-refractivity contribution in [3.05, 3.63) is 29.8 Å². The Bertz CT molecular complexity index is 388. The quantitative estimate of drug-likeness (QED) is 0.829. The van der Waals surface area contributed by atoms with Gasteiger partial charge in [-0.05, 0) is 51.4 Å². The van der Waals surface area contributed by atoms with Crippen LogP contribution in [0.4, 0.5) is 0 Å². The summed E-state index contributed by atoms with van der Waals surface area (Å²) in [7, 11) is 0. The summed E-state index contributed by atoms with van der Waals surface area (Å²) in [6.45, 7) is 10.7. The van der Waals surface area contributed by atoms with E-state index in [-0.39, 0.29) is 0 Å². The maximum Gasteiger partial charge on any atom is 0.123 e. The Morgan fingerprint density at radius 3 is 2.65 bits per heavy atom. The zero-order valence-electron chi connectivity index (χ0n) is 12.9. The molecule has 3 heteroatoms. The lowest BCUT2D eigenvalue weighted by Gasteiger charge is -2.29. The lowest BCUT2D eigenvalue weighted by molar-refractivity contribution is 0.204. The predicted molar refractivity (Wildman–Crippen MR) is 84.2 cm³/mol. The minimum absolute atomic E-state index is 0.734. The van der Waals surface area contributed by atoms with Crippen molar-refractivity contribution in [3.8, 4) is 5.75 Å². The first kappa shape index (κ1) is 15.3. The van der Waals surface area contributed by atoms with Crippen molar-refractivity contribution in [1.29, 1.82) is 0 Å². The van der Waals surface area contributed by atoms with Gasteiger partial charge in [0.1, 0.15) is 5.75 Å². The smallest absolute Gasteiger partial charge is 0.123 e. The molecule has 0 amide bonds. The summed E-state index contributed by atoms with van der Waals surface area (Å²) in [5.41, 5.74) is 1.31. The van der Waals surface area contributed by atoms with E-state index in [2.05, 4.69) is 41.4 Å². The maximum atomic E-state index is 5.74. The molecule has 2 rings (SSSR count). The normalized spacial score (nSPS) is 16.6. The summed E-state index contributed by atoms with van der Waals surface area (Å²) in [6, 6.07) is 8.43. The standard InChI is InChI=1S/C17H28N2O/c1-3-19(13-15-9-11-18-12-10-15)14-16-7-5-6-8-17(16)20-4-2/h5-8,15,18H,3-4,9-14H2,1-2H3. The van der Waals surface area contributed by atoms with Crippen molar-refractivity contribution >= 4 is 0 Å². The Morgan fingerprint density at radius 1 is 1.20 bits per heavy atom. The highest BCUT2D eigenvalue weighted by molar-refractivity contribution is 5.33. The lowest BCUT2D eigenvalue weighted by atomic mass is 9.97. The fourth-order valence-corrected chi connectivity index (χ4v) is 2.91. The van der Waals surface area contributed by atoms with E-state index in [0.29, 0.717) is 0 Å². The fourth-order valence-electron chi connectivity index (χ4n) is 2.91. The number of piperidine rings is 1. The molecule has 0 spiro atoms. The summed E-state index contributed by atoms with van der Waals surface area (Å²) < 4.78 is 5.74. The van der Waals surface area contributed by atoms with Crippen molar-refractivity contribution in [1.82, 2.24) is 10.2 Å². The number of hydrogen-bond donors (Lipinski definition) is 1. The summed E-state index contributed by atoms with van der Waals surface area (Å²) >= 11 is 0. The number of para-hydroxylation sites is 1. The highest BCUT2D eigenvalue weighted by Gasteiger charge is 2.17. The number of nitrogens with one attached hydrogen (secondary N) is 1. The SMILES string of the molecule is CCOc1ccccc1CN(CC)CC1CCNCC1. The molecule has 0 unspecified atom stereocenters. The number of rotatable bonds is 7. The zero-order chi connectivity index (χ0) is 14.2. The predicted octanol–water partition coefficient (Wildman–Crippen LogP) is 2.91. The van der Waals surface area contributed by atoms with E-state index >= 15 is 0 Å². The van der Waals surface area contributed by atoms with Crippen LogP contribution >= 0.6 is 0 Å². The van der Waals surface area contributed by atoms with Crippen LogP contribution in [-0.2, 0) is 6.54 Å². The van der Waals surface area contributed by atoms with Gasteiger partial charge in [0.05, 0.1) is 6.61 Å². The van der Waals surface area contributed by atoms with Crippen LogP contribution in [0.1, 0.15) is 32.3 Å². The zero-order valence-corrected chi connectivity index (χ0v) is 12.9. The van der Waals surface area contributed by atoms with E-state index in [0.717, 1.165) is 31.4 Å². The molecule has 1 aromatic rings. The van der Waals surface area contributed by atoms with Crippen LogP contribution in [0.15, 0.2) is 24.3 Å². The Morgan fingerprint density at radius 2 is 1.95 bits per heavy atom. The highest BCUT2D eigenvalue weighted by Crippen LogP contribution is 2.21. The van der Waals surface area contributed by atoms with E-state index < -0.39 is 0 Å². The fraction of sp³-hybridized carbons (Fsp3) is 0.647. The van der Waals surface area contributed by atoms with Gasteiger partial charge in [0.2, 0.25) is 0 Å². The molecule has 0 radical (unpaired) electrons. The number of nitrogens with zero attached hydrogens (tertiary/aromatic N) is 1. The van der Waals surface area contributed by atoms with Crippen molar-refractivity contribution in [2.24, 2.45) is 5.92 Å². The van der Waals surface area contributed by atoms with Gasteiger partial charge in [0.15, 0.2) is 0 Å². The molecule has 1 fully saturated rings. The molecule has 1 N–H and O–H groups in total. The van der Waals surface area contributed by atoms with Gasteiger partial charge < -0.3 is 10.1 Å². The summed E-state index contributed by atoms with van der Waals surface area (Å²) in [6.07, 6.45) is 2.62. The van der Waals surface area contributed by atoms with Crippen LogP contribution in [0.25, 0.3) is 0 Å². The topological polar surface area (TPSA) is 24.5 Å². The molecule has 1 aliphatic heterocycles. The van der Waals surface area contributed by atoms with Crippen molar-refractivity contribution in [3.63, 3.8) is 0 Å². The second kappa shape index (κ2) is 8.28. The third kappa shape index (κ3) is 4.50. The van der Waals surface area contributed by atoms with E-state index in [1.165, 1.54) is 38.0 Å². The second-order valence-corrected chi connectivity index (χ2v) is 5.56. The lowest BCUT2D eigenvalue weighted by Crippen LogP contribution is -2.36. The van der Waals surface area contributed by atoms with Crippen LogP contribution < -0.4 is 10.1 Å². The van der Waals surface area contributed by atoms with Gasteiger partial charge in [-0.15, -0.1) is 0 Å². The Hall–Kier alpha value is -1.06. The van der Waals surface area contributed by atoms with Crippen molar-refractivity contribution in [2.75, 3.05) is 32.8 Å². The van der Waals surface area contributed by atoms with Gasteiger partial charge in [-0.1, -0.05) is 25.1 Å². The Labute approximate surface area is 123 Å². The molecule has 3 nitrogen and oxygen atoms in total. The van der Waals surface area contributed by atoms with Gasteiger partial charge in [0.25, 0.3) is 0 Å². The van der Waals surface area contributed by atoms with Crippen molar-refractivity contribution in [2.45, 2.75) is 33.2 Å². The largest absolute Gasteiger partial charge is 0.494 e.